The molecule has 4 nitrogen and oxygen atoms in total. The molecule has 1 aromatic carbocycles. The molecule has 0 fully saturated rings. The maximum atomic E-state index is 6.20. The molecule has 0 amide bonds. The normalized spacial score (nSPS) is 14.1. The van der Waals surface area contributed by atoms with Crippen molar-refractivity contribution in [3.63, 3.8) is 0 Å². The van der Waals surface area contributed by atoms with Crippen LogP contribution in [0.5, 0.6) is 5.75 Å². The standard InChI is InChI=1S/C14H17BrClN3O/c1-3-12(17)14(9-7-18-19(2)8-9)20-13-5-4-10(15)6-11(13)16/h4-8,12,14H,3,17H2,1-2H3. The highest BCUT2D eigenvalue weighted by Crippen LogP contribution is 2.32. The summed E-state index contributed by atoms with van der Waals surface area (Å²) in [5.41, 5.74) is 7.12. The van der Waals surface area contributed by atoms with Crippen molar-refractivity contribution in [3.05, 3.63) is 45.7 Å². The molecule has 2 rings (SSSR count). The summed E-state index contributed by atoms with van der Waals surface area (Å²) in [4.78, 5) is 0. The minimum absolute atomic E-state index is 0.126. The lowest BCUT2D eigenvalue weighted by atomic mass is 10.0. The molecule has 0 aliphatic carbocycles. The van der Waals surface area contributed by atoms with Gasteiger partial charge in [0.1, 0.15) is 11.9 Å². The summed E-state index contributed by atoms with van der Waals surface area (Å²) in [6.07, 6.45) is 4.21. The fraction of sp³-hybridized carbons (Fsp3) is 0.357. The number of aromatic nitrogens is 2. The van der Waals surface area contributed by atoms with Crippen molar-refractivity contribution in [1.82, 2.24) is 9.78 Å². The van der Waals surface area contributed by atoms with Crippen molar-refractivity contribution in [1.29, 1.82) is 0 Å². The van der Waals surface area contributed by atoms with Crippen LogP contribution < -0.4 is 10.5 Å². The van der Waals surface area contributed by atoms with Gasteiger partial charge in [-0.05, 0) is 24.6 Å². The fourth-order valence-electron chi connectivity index (χ4n) is 1.91. The molecule has 6 heteroatoms. The highest BCUT2D eigenvalue weighted by molar-refractivity contribution is 9.10. The third-order valence-corrected chi connectivity index (χ3v) is 3.85. The molecule has 1 heterocycles. The molecule has 0 spiro atoms. The SMILES string of the molecule is CCC(N)C(Oc1ccc(Br)cc1Cl)c1cnn(C)c1. The molecule has 20 heavy (non-hydrogen) atoms. The number of benzene rings is 1. The molecule has 0 radical (unpaired) electrons. The Balaban J connectivity index is 2.28. The van der Waals surface area contributed by atoms with Gasteiger partial charge in [0.15, 0.2) is 0 Å². The molecule has 0 saturated heterocycles. The van der Waals surface area contributed by atoms with Crippen molar-refractivity contribution in [2.75, 3.05) is 0 Å². The quantitative estimate of drug-likeness (QED) is 0.887. The van der Waals surface area contributed by atoms with E-state index in [-0.39, 0.29) is 12.1 Å². The van der Waals surface area contributed by atoms with E-state index < -0.39 is 0 Å². The first-order chi connectivity index (χ1) is 9.51. The van der Waals surface area contributed by atoms with E-state index in [0.29, 0.717) is 10.8 Å². The van der Waals surface area contributed by atoms with Gasteiger partial charge < -0.3 is 10.5 Å². The van der Waals surface area contributed by atoms with Crippen molar-refractivity contribution < 1.29 is 4.74 Å². The van der Waals surface area contributed by atoms with E-state index >= 15 is 0 Å². The van der Waals surface area contributed by atoms with Crippen molar-refractivity contribution in [2.45, 2.75) is 25.5 Å². The van der Waals surface area contributed by atoms with E-state index in [9.17, 15) is 0 Å². The highest BCUT2D eigenvalue weighted by atomic mass is 79.9. The summed E-state index contributed by atoms with van der Waals surface area (Å²) in [7, 11) is 1.87. The Kier molecular flexibility index (Phi) is 5.07. The Labute approximate surface area is 132 Å². The Morgan fingerprint density at radius 3 is 2.80 bits per heavy atom. The number of hydrogen-bond acceptors (Lipinski definition) is 3. The van der Waals surface area contributed by atoms with Crippen LogP contribution in [0.2, 0.25) is 5.02 Å². The van der Waals surface area contributed by atoms with Crippen molar-refractivity contribution in [3.8, 4) is 5.75 Å². The van der Waals surface area contributed by atoms with Crippen LogP contribution in [-0.2, 0) is 7.05 Å². The van der Waals surface area contributed by atoms with Crippen LogP contribution in [0, 0.1) is 0 Å². The monoisotopic (exact) mass is 357 g/mol. The first-order valence-corrected chi connectivity index (χ1v) is 7.54. The second kappa shape index (κ2) is 6.61. The van der Waals surface area contributed by atoms with Gasteiger partial charge in [0.25, 0.3) is 0 Å². The molecule has 0 bridgehead atoms. The fourth-order valence-corrected chi connectivity index (χ4v) is 2.63. The molecule has 0 aliphatic heterocycles. The van der Waals surface area contributed by atoms with E-state index in [2.05, 4.69) is 21.0 Å². The summed E-state index contributed by atoms with van der Waals surface area (Å²) >= 11 is 9.57. The number of nitrogens with zero attached hydrogens (tertiary/aromatic N) is 2. The lowest BCUT2D eigenvalue weighted by Crippen LogP contribution is -2.31. The van der Waals surface area contributed by atoms with Gasteiger partial charge in [-0.1, -0.05) is 34.5 Å². The van der Waals surface area contributed by atoms with Crippen LogP contribution in [0.3, 0.4) is 0 Å². The molecular formula is C14H17BrClN3O. The minimum Gasteiger partial charge on any atom is -0.482 e. The second-order valence-corrected chi connectivity index (χ2v) is 5.96. The zero-order valence-corrected chi connectivity index (χ0v) is 13.7. The molecule has 2 N–H and O–H groups in total. The van der Waals surface area contributed by atoms with Crippen molar-refractivity contribution >= 4 is 27.5 Å². The van der Waals surface area contributed by atoms with Gasteiger partial charge >= 0.3 is 0 Å². The lowest BCUT2D eigenvalue weighted by Gasteiger charge is -2.24. The van der Waals surface area contributed by atoms with Crippen molar-refractivity contribution in [2.24, 2.45) is 12.8 Å². The molecule has 2 aromatic rings. The van der Waals surface area contributed by atoms with Crippen LogP contribution in [-0.4, -0.2) is 15.8 Å². The summed E-state index contributed by atoms with van der Waals surface area (Å²) in [6, 6.07) is 5.39. The minimum atomic E-state index is -0.271. The molecule has 0 aliphatic rings. The van der Waals surface area contributed by atoms with Gasteiger partial charge in [0, 0.05) is 29.3 Å². The first kappa shape index (κ1) is 15.4. The van der Waals surface area contributed by atoms with E-state index in [1.807, 2.05) is 32.3 Å². The van der Waals surface area contributed by atoms with Crippen LogP contribution in [0.4, 0.5) is 0 Å². The number of nitrogens with two attached hydrogens (primary N) is 1. The zero-order valence-electron chi connectivity index (χ0n) is 11.4. The van der Waals surface area contributed by atoms with Gasteiger partial charge in [-0.3, -0.25) is 4.68 Å². The summed E-state index contributed by atoms with van der Waals surface area (Å²) < 4.78 is 8.66. The van der Waals surface area contributed by atoms with Gasteiger partial charge in [-0.25, -0.2) is 0 Å². The molecule has 2 atom stereocenters. The maximum Gasteiger partial charge on any atom is 0.142 e. The van der Waals surface area contributed by atoms with E-state index in [4.69, 9.17) is 22.1 Å². The molecule has 0 saturated carbocycles. The van der Waals surface area contributed by atoms with Crippen LogP contribution in [0.25, 0.3) is 0 Å². The Morgan fingerprint density at radius 2 is 2.25 bits per heavy atom. The van der Waals surface area contributed by atoms with E-state index in [1.54, 1.807) is 16.9 Å². The average Bonchev–Trinajstić information content (AvgIpc) is 2.83. The van der Waals surface area contributed by atoms with E-state index in [0.717, 1.165) is 16.5 Å². The smallest absolute Gasteiger partial charge is 0.142 e. The molecule has 1 aromatic heterocycles. The predicted octanol–water partition coefficient (Wildman–Crippen LogP) is 3.69. The third-order valence-electron chi connectivity index (χ3n) is 3.06. The number of aryl methyl sites for hydroxylation is 1. The Bertz CT molecular complexity index is 588. The number of ether oxygens (including phenoxy) is 1. The van der Waals surface area contributed by atoms with E-state index in [1.165, 1.54) is 0 Å². The van der Waals surface area contributed by atoms with Gasteiger partial charge in [-0.15, -0.1) is 0 Å². The van der Waals surface area contributed by atoms with Gasteiger partial charge in [-0.2, -0.15) is 5.10 Å². The molecular weight excluding hydrogens is 342 g/mol. The number of rotatable bonds is 5. The van der Waals surface area contributed by atoms with Crippen LogP contribution in [0.1, 0.15) is 25.0 Å². The summed E-state index contributed by atoms with van der Waals surface area (Å²) in [5, 5.41) is 4.73. The summed E-state index contributed by atoms with van der Waals surface area (Å²) in [6.45, 7) is 2.03. The summed E-state index contributed by atoms with van der Waals surface area (Å²) in [5.74, 6) is 0.618. The molecule has 108 valence electrons. The Hall–Kier alpha value is -1.04. The largest absolute Gasteiger partial charge is 0.482 e. The second-order valence-electron chi connectivity index (χ2n) is 4.63. The first-order valence-electron chi connectivity index (χ1n) is 6.37. The van der Waals surface area contributed by atoms with Gasteiger partial charge in [0.05, 0.1) is 11.2 Å². The average molecular weight is 359 g/mol. The Morgan fingerprint density at radius 1 is 1.50 bits per heavy atom. The predicted molar refractivity (Wildman–Crippen MR) is 84.0 cm³/mol. The van der Waals surface area contributed by atoms with Crippen LogP contribution >= 0.6 is 27.5 Å². The maximum absolute atomic E-state index is 6.20. The topological polar surface area (TPSA) is 53.1 Å². The van der Waals surface area contributed by atoms with Gasteiger partial charge in [0.2, 0.25) is 0 Å². The number of halogens is 2. The zero-order chi connectivity index (χ0) is 14.7. The van der Waals surface area contributed by atoms with Crippen LogP contribution in [0.15, 0.2) is 35.1 Å². The number of hydrogen-bond donors (Lipinski definition) is 1. The highest BCUT2D eigenvalue weighted by Gasteiger charge is 2.23. The third kappa shape index (κ3) is 3.53. The molecule has 2 unspecified atom stereocenters. The lowest BCUT2D eigenvalue weighted by molar-refractivity contribution is 0.171.